The molecule has 0 aliphatic heterocycles. The number of rotatable bonds is 10. The summed E-state index contributed by atoms with van der Waals surface area (Å²) in [5.74, 6) is 0. The third-order valence-corrected chi connectivity index (χ3v) is 2.08. The minimum Gasteiger partial charge on any atom is -0.318 e. The predicted octanol–water partition coefficient (Wildman–Crippen LogP) is 1.05. The highest BCUT2D eigenvalue weighted by molar-refractivity contribution is 4.51. The lowest BCUT2D eigenvalue weighted by atomic mass is 10.1. The summed E-state index contributed by atoms with van der Waals surface area (Å²) >= 11 is 0. The summed E-state index contributed by atoms with van der Waals surface area (Å²) in [4.78, 5) is 0. The van der Waals surface area contributed by atoms with Gasteiger partial charge in [0, 0.05) is 19.8 Å². The van der Waals surface area contributed by atoms with Crippen LogP contribution in [-0.4, -0.2) is 26.3 Å². The molecule has 0 aromatic rings. The first-order chi connectivity index (χ1) is 6.41. The van der Waals surface area contributed by atoms with Gasteiger partial charge in [-0.15, -0.1) is 0 Å². The molecule has 0 aliphatic carbocycles. The quantitative estimate of drug-likeness (QED) is 0.354. The number of unbranched alkanes of at least 4 members (excludes halogenated alkanes) is 4. The molecule has 0 aromatic carbocycles. The molecule has 0 fully saturated rings. The van der Waals surface area contributed by atoms with E-state index in [9.17, 15) is 0 Å². The van der Waals surface area contributed by atoms with Crippen molar-refractivity contribution in [3.05, 3.63) is 0 Å². The topological polar surface area (TPSA) is 50.1 Å². The molecule has 0 unspecified atom stereocenters. The average molecular weight is 187 g/mol. The van der Waals surface area contributed by atoms with E-state index in [0.717, 1.165) is 19.6 Å². The van der Waals surface area contributed by atoms with Crippen LogP contribution in [0.25, 0.3) is 0 Å². The summed E-state index contributed by atoms with van der Waals surface area (Å²) in [6.07, 6.45) is 6.77. The predicted molar refractivity (Wildman–Crippen MR) is 58.7 cm³/mol. The standard InChI is InChI=1S/C10H25N3/c1-2-3-4-5-6-7-12-8-9-13-10-11/h12-13H,2-11H2,1H3. The van der Waals surface area contributed by atoms with Gasteiger partial charge in [-0.3, -0.25) is 0 Å². The number of nitrogens with one attached hydrogen (secondary N) is 2. The number of nitrogens with two attached hydrogens (primary N) is 1. The Kier molecular flexibility index (Phi) is 11.8. The zero-order valence-corrected chi connectivity index (χ0v) is 8.94. The SMILES string of the molecule is CCCCCCCNCCNCN. The van der Waals surface area contributed by atoms with Crippen LogP contribution in [0.15, 0.2) is 0 Å². The number of hydrogen-bond acceptors (Lipinski definition) is 3. The fraction of sp³-hybridized carbons (Fsp3) is 1.00. The van der Waals surface area contributed by atoms with Crippen LogP contribution in [-0.2, 0) is 0 Å². The fourth-order valence-corrected chi connectivity index (χ4v) is 1.26. The van der Waals surface area contributed by atoms with Crippen LogP contribution in [0.2, 0.25) is 0 Å². The first-order valence-corrected chi connectivity index (χ1v) is 5.53. The third kappa shape index (κ3) is 11.9. The molecule has 0 aromatic heterocycles. The van der Waals surface area contributed by atoms with Crippen LogP contribution in [0.3, 0.4) is 0 Å². The maximum atomic E-state index is 5.29. The van der Waals surface area contributed by atoms with Crippen molar-refractivity contribution in [1.82, 2.24) is 10.6 Å². The molecule has 0 amide bonds. The molecule has 4 N–H and O–H groups in total. The van der Waals surface area contributed by atoms with Gasteiger partial charge in [-0.05, 0) is 13.0 Å². The van der Waals surface area contributed by atoms with Gasteiger partial charge >= 0.3 is 0 Å². The average Bonchev–Trinajstić information content (AvgIpc) is 2.16. The maximum Gasteiger partial charge on any atom is 0.0429 e. The van der Waals surface area contributed by atoms with Crippen molar-refractivity contribution in [2.24, 2.45) is 5.73 Å². The molecule has 0 radical (unpaired) electrons. The van der Waals surface area contributed by atoms with E-state index in [1.54, 1.807) is 0 Å². The Balaban J connectivity index is 2.76. The lowest BCUT2D eigenvalue weighted by Crippen LogP contribution is -2.31. The van der Waals surface area contributed by atoms with Crippen molar-refractivity contribution >= 4 is 0 Å². The van der Waals surface area contributed by atoms with Gasteiger partial charge in [0.15, 0.2) is 0 Å². The molecule has 13 heavy (non-hydrogen) atoms. The molecule has 0 heterocycles. The van der Waals surface area contributed by atoms with Gasteiger partial charge in [-0.1, -0.05) is 32.6 Å². The fourth-order valence-electron chi connectivity index (χ4n) is 1.26. The second-order valence-electron chi connectivity index (χ2n) is 3.37. The van der Waals surface area contributed by atoms with E-state index >= 15 is 0 Å². The molecule has 0 rings (SSSR count). The van der Waals surface area contributed by atoms with Crippen LogP contribution in [0, 0.1) is 0 Å². The third-order valence-electron chi connectivity index (χ3n) is 2.08. The Morgan fingerprint density at radius 3 is 2.23 bits per heavy atom. The zero-order valence-electron chi connectivity index (χ0n) is 8.94. The Morgan fingerprint density at radius 1 is 0.846 bits per heavy atom. The van der Waals surface area contributed by atoms with E-state index in [1.165, 1.54) is 32.1 Å². The van der Waals surface area contributed by atoms with E-state index in [4.69, 9.17) is 5.73 Å². The lowest BCUT2D eigenvalue weighted by molar-refractivity contribution is 0.567. The highest BCUT2D eigenvalue weighted by Gasteiger charge is 1.88. The molecule has 3 nitrogen and oxygen atoms in total. The van der Waals surface area contributed by atoms with Crippen LogP contribution in [0.1, 0.15) is 39.0 Å². The summed E-state index contributed by atoms with van der Waals surface area (Å²) in [6.45, 7) is 5.99. The van der Waals surface area contributed by atoms with Gasteiger partial charge in [-0.25, -0.2) is 0 Å². The molecule has 0 saturated carbocycles. The minimum absolute atomic E-state index is 0.582. The second-order valence-corrected chi connectivity index (χ2v) is 3.37. The van der Waals surface area contributed by atoms with Crippen LogP contribution in [0.4, 0.5) is 0 Å². The summed E-state index contributed by atoms with van der Waals surface area (Å²) < 4.78 is 0. The van der Waals surface area contributed by atoms with Crippen molar-refractivity contribution in [3.8, 4) is 0 Å². The minimum atomic E-state index is 0.582. The van der Waals surface area contributed by atoms with Crippen molar-refractivity contribution in [1.29, 1.82) is 0 Å². The normalized spacial score (nSPS) is 10.6. The largest absolute Gasteiger partial charge is 0.318 e. The molecular formula is C10H25N3. The highest BCUT2D eigenvalue weighted by atomic mass is 15.0. The van der Waals surface area contributed by atoms with Crippen molar-refractivity contribution < 1.29 is 0 Å². The molecule has 0 saturated heterocycles. The molecule has 0 aliphatic rings. The summed E-state index contributed by atoms with van der Waals surface area (Å²) in [5, 5.41) is 6.45. The van der Waals surface area contributed by atoms with Crippen LogP contribution < -0.4 is 16.4 Å². The van der Waals surface area contributed by atoms with Crippen molar-refractivity contribution in [2.75, 3.05) is 26.3 Å². The summed E-state index contributed by atoms with van der Waals surface area (Å²) in [5.41, 5.74) is 5.29. The Hall–Kier alpha value is -0.120. The zero-order chi connectivity index (χ0) is 9.78. The van der Waals surface area contributed by atoms with Crippen molar-refractivity contribution in [2.45, 2.75) is 39.0 Å². The Labute approximate surface area is 82.5 Å². The van der Waals surface area contributed by atoms with Gasteiger partial charge in [0.2, 0.25) is 0 Å². The molecular weight excluding hydrogens is 162 g/mol. The Morgan fingerprint density at radius 2 is 1.54 bits per heavy atom. The molecule has 3 heteroatoms. The smallest absolute Gasteiger partial charge is 0.0429 e. The van der Waals surface area contributed by atoms with Crippen LogP contribution >= 0.6 is 0 Å². The number of hydrogen-bond donors (Lipinski definition) is 3. The lowest BCUT2D eigenvalue weighted by Gasteiger charge is -2.04. The van der Waals surface area contributed by atoms with Gasteiger partial charge in [0.25, 0.3) is 0 Å². The second kappa shape index (κ2) is 11.9. The van der Waals surface area contributed by atoms with Gasteiger partial charge in [0.1, 0.15) is 0 Å². The first-order valence-electron chi connectivity index (χ1n) is 5.53. The van der Waals surface area contributed by atoms with Gasteiger partial charge < -0.3 is 16.4 Å². The molecule has 0 bridgehead atoms. The maximum absolute atomic E-state index is 5.29. The first kappa shape index (κ1) is 12.9. The van der Waals surface area contributed by atoms with Gasteiger partial charge in [-0.2, -0.15) is 0 Å². The van der Waals surface area contributed by atoms with E-state index in [-0.39, 0.29) is 0 Å². The summed E-state index contributed by atoms with van der Waals surface area (Å²) in [7, 11) is 0. The Bertz CT molecular complexity index is 76.2. The van der Waals surface area contributed by atoms with Crippen molar-refractivity contribution in [3.63, 3.8) is 0 Å². The monoisotopic (exact) mass is 187 g/mol. The van der Waals surface area contributed by atoms with E-state index < -0.39 is 0 Å². The van der Waals surface area contributed by atoms with E-state index in [0.29, 0.717) is 6.67 Å². The van der Waals surface area contributed by atoms with Crippen LogP contribution in [0.5, 0.6) is 0 Å². The molecule has 80 valence electrons. The molecule has 0 spiro atoms. The molecule has 0 atom stereocenters. The van der Waals surface area contributed by atoms with Gasteiger partial charge in [0.05, 0.1) is 0 Å². The van der Waals surface area contributed by atoms with E-state index in [1.807, 2.05) is 0 Å². The van der Waals surface area contributed by atoms with E-state index in [2.05, 4.69) is 17.6 Å². The highest BCUT2D eigenvalue weighted by Crippen LogP contribution is 2.00. The summed E-state index contributed by atoms with van der Waals surface area (Å²) in [6, 6.07) is 0.